The molecule has 0 radical (unpaired) electrons. The molecule has 4 aromatic rings. The third-order valence-corrected chi connectivity index (χ3v) is 5.93. The van der Waals surface area contributed by atoms with Crippen LogP contribution in [0.4, 0.5) is 4.39 Å². The van der Waals surface area contributed by atoms with E-state index in [9.17, 15) is 23.6 Å². The molecule has 8 nitrogen and oxygen atoms in total. The number of nitrogens with zero attached hydrogens (tertiary/aromatic N) is 1. The second-order valence-electron chi connectivity index (χ2n) is 6.81. The molecule has 0 fully saturated rings. The number of thiophene rings is 1. The molecule has 0 spiro atoms. The van der Waals surface area contributed by atoms with E-state index in [1.54, 1.807) is 37.3 Å². The van der Waals surface area contributed by atoms with E-state index in [0.717, 1.165) is 10.4 Å². The van der Waals surface area contributed by atoms with E-state index in [2.05, 4.69) is 15.8 Å². The Bertz CT molecular complexity index is 1450. The van der Waals surface area contributed by atoms with Crippen molar-refractivity contribution in [3.05, 3.63) is 91.6 Å². The molecule has 32 heavy (non-hydrogen) atoms. The molecule has 3 N–H and O–H groups in total. The van der Waals surface area contributed by atoms with Gasteiger partial charge in [-0.1, -0.05) is 12.1 Å². The minimum atomic E-state index is -0.778. The molecular formula is C22H17FN4O4S. The van der Waals surface area contributed by atoms with Crippen molar-refractivity contribution in [1.29, 1.82) is 0 Å². The summed E-state index contributed by atoms with van der Waals surface area (Å²) in [7, 11) is 0. The molecule has 0 aliphatic rings. The van der Waals surface area contributed by atoms with Crippen LogP contribution in [0.2, 0.25) is 0 Å². The fourth-order valence-corrected chi connectivity index (χ4v) is 4.12. The Morgan fingerprint density at radius 3 is 2.44 bits per heavy atom. The van der Waals surface area contributed by atoms with Gasteiger partial charge in [0.15, 0.2) is 0 Å². The first-order chi connectivity index (χ1) is 15.4. The number of halogens is 1. The summed E-state index contributed by atoms with van der Waals surface area (Å²) in [5, 5.41) is 0. The summed E-state index contributed by atoms with van der Waals surface area (Å²) in [6.45, 7) is 2.05. The second kappa shape index (κ2) is 8.60. The van der Waals surface area contributed by atoms with Crippen molar-refractivity contribution < 1.29 is 14.0 Å². The highest BCUT2D eigenvalue weighted by atomic mass is 32.1. The van der Waals surface area contributed by atoms with Gasteiger partial charge in [0.25, 0.3) is 11.8 Å². The van der Waals surface area contributed by atoms with Gasteiger partial charge < -0.3 is 9.55 Å². The Kier molecular flexibility index (Phi) is 5.69. The zero-order valence-electron chi connectivity index (χ0n) is 16.8. The number of hydrazine groups is 1. The monoisotopic (exact) mass is 452 g/mol. The summed E-state index contributed by atoms with van der Waals surface area (Å²) in [4.78, 5) is 52.2. The summed E-state index contributed by atoms with van der Waals surface area (Å²) in [6, 6.07) is 13.7. The molecule has 2 heterocycles. The van der Waals surface area contributed by atoms with Crippen molar-refractivity contribution in [2.45, 2.75) is 13.5 Å². The van der Waals surface area contributed by atoms with Gasteiger partial charge in [0.05, 0.1) is 15.9 Å². The van der Waals surface area contributed by atoms with Crippen LogP contribution < -0.4 is 22.0 Å². The molecule has 4 rings (SSSR count). The molecule has 2 amide bonds. The lowest BCUT2D eigenvalue weighted by Gasteiger charge is -2.09. The van der Waals surface area contributed by atoms with Gasteiger partial charge >= 0.3 is 11.1 Å². The van der Waals surface area contributed by atoms with E-state index in [4.69, 9.17) is 0 Å². The molecule has 2 aromatic heterocycles. The van der Waals surface area contributed by atoms with Crippen LogP contribution in [0.5, 0.6) is 0 Å². The number of nitrogens with one attached hydrogen (secondary N) is 3. The van der Waals surface area contributed by atoms with E-state index >= 15 is 0 Å². The first kappa shape index (κ1) is 21.2. The third-order valence-electron chi connectivity index (χ3n) is 4.80. The predicted molar refractivity (Wildman–Crippen MR) is 119 cm³/mol. The van der Waals surface area contributed by atoms with Gasteiger partial charge in [-0.2, -0.15) is 0 Å². The first-order valence-corrected chi connectivity index (χ1v) is 10.4. The van der Waals surface area contributed by atoms with Gasteiger partial charge in [-0.05, 0) is 55.0 Å². The lowest BCUT2D eigenvalue weighted by atomic mass is 10.2. The van der Waals surface area contributed by atoms with Crippen molar-refractivity contribution in [2.75, 3.05) is 0 Å². The molecule has 0 bridgehead atoms. The van der Waals surface area contributed by atoms with Crippen LogP contribution in [0.3, 0.4) is 0 Å². The molecule has 10 heteroatoms. The van der Waals surface area contributed by atoms with Crippen molar-refractivity contribution in [2.24, 2.45) is 0 Å². The Balaban J connectivity index is 1.48. The van der Waals surface area contributed by atoms with Crippen LogP contribution in [0.15, 0.2) is 64.2 Å². The lowest BCUT2D eigenvalue weighted by Crippen LogP contribution is -2.41. The van der Waals surface area contributed by atoms with Gasteiger partial charge in [-0.25, -0.2) is 4.39 Å². The van der Waals surface area contributed by atoms with Crippen LogP contribution in [-0.4, -0.2) is 21.4 Å². The molecule has 0 unspecified atom stereocenters. The zero-order valence-corrected chi connectivity index (χ0v) is 17.6. The zero-order chi connectivity index (χ0) is 22.8. The molecule has 0 aliphatic heterocycles. The second-order valence-corrected chi connectivity index (χ2v) is 7.90. The Labute approximate surface area is 184 Å². The Hall–Kier alpha value is -4.05. The Morgan fingerprint density at radius 1 is 1.00 bits per heavy atom. The highest BCUT2D eigenvalue weighted by Crippen LogP contribution is 2.28. The number of aryl methyl sites for hydroxylation is 1. The number of carbonyl (C=O) groups excluding carboxylic acids is 2. The number of fused-ring (bicyclic) bond motifs is 1. The van der Waals surface area contributed by atoms with Crippen LogP contribution in [0.1, 0.15) is 27.0 Å². The quantitative estimate of drug-likeness (QED) is 0.326. The number of benzene rings is 2. The number of aromatic amines is 1. The molecule has 0 atom stereocenters. The number of hydrogen-bond acceptors (Lipinski definition) is 5. The van der Waals surface area contributed by atoms with E-state index in [0.29, 0.717) is 22.5 Å². The number of amides is 2. The number of hydrogen-bond donors (Lipinski definition) is 3. The molecular weight excluding hydrogens is 435 g/mol. The summed E-state index contributed by atoms with van der Waals surface area (Å²) in [5.74, 6) is -1.45. The maximum absolute atomic E-state index is 13.1. The van der Waals surface area contributed by atoms with Gasteiger partial charge in [-0.15, -0.1) is 11.3 Å². The normalized spacial score (nSPS) is 10.8. The number of rotatable bonds is 4. The van der Waals surface area contributed by atoms with Crippen molar-refractivity contribution in [3.8, 4) is 10.4 Å². The van der Waals surface area contributed by atoms with E-state index in [-0.39, 0.29) is 11.4 Å². The fraction of sp³-hybridized carbons (Fsp3) is 0.0909. The number of carbonyl (C=O) groups is 2. The number of H-pyrrole nitrogens is 1. The van der Waals surface area contributed by atoms with Gasteiger partial charge in [-0.3, -0.25) is 30.0 Å². The highest BCUT2D eigenvalue weighted by Gasteiger charge is 2.14. The maximum atomic E-state index is 13.1. The first-order valence-electron chi connectivity index (χ1n) is 9.60. The third kappa shape index (κ3) is 4.08. The predicted octanol–water partition coefficient (Wildman–Crippen LogP) is 2.65. The summed E-state index contributed by atoms with van der Waals surface area (Å²) in [5.41, 5.74) is 5.02. The summed E-state index contributed by atoms with van der Waals surface area (Å²) < 4.78 is 14.4. The minimum Gasteiger partial charge on any atom is -0.316 e. The maximum Gasteiger partial charge on any atom is 0.316 e. The van der Waals surface area contributed by atoms with E-state index in [1.165, 1.54) is 40.2 Å². The van der Waals surface area contributed by atoms with Gasteiger partial charge in [0.2, 0.25) is 0 Å². The van der Waals surface area contributed by atoms with Crippen molar-refractivity contribution in [3.63, 3.8) is 0 Å². The fourth-order valence-electron chi connectivity index (χ4n) is 3.21. The molecule has 0 saturated heterocycles. The van der Waals surface area contributed by atoms with Crippen molar-refractivity contribution >= 4 is 34.2 Å². The molecule has 0 aliphatic carbocycles. The van der Waals surface area contributed by atoms with Crippen LogP contribution in [0, 0.1) is 5.82 Å². The summed E-state index contributed by atoms with van der Waals surface area (Å²) in [6.07, 6.45) is 0. The largest absolute Gasteiger partial charge is 0.316 e. The van der Waals surface area contributed by atoms with Crippen LogP contribution in [0.25, 0.3) is 21.5 Å². The molecule has 0 saturated carbocycles. The number of aromatic nitrogens is 2. The van der Waals surface area contributed by atoms with Crippen LogP contribution >= 0.6 is 11.3 Å². The average molecular weight is 452 g/mol. The Morgan fingerprint density at radius 2 is 1.72 bits per heavy atom. The minimum absolute atomic E-state index is 0.188. The molecule has 162 valence electrons. The van der Waals surface area contributed by atoms with Gasteiger partial charge in [0, 0.05) is 17.0 Å². The smallest absolute Gasteiger partial charge is 0.316 e. The van der Waals surface area contributed by atoms with E-state index in [1.807, 2.05) is 0 Å². The highest BCUT2D eigenvalue weighted by molar-refractivity contribution is 7.17. The SMILES string of the molecule is CCn1c(=O)c(=O)[nH]c2cc(C(=O)NNC(=O)c3ccc(-c4ccc(F)cc4)s3)ccc21. The molecule has 2 aromatic carbocycles. The van der Waals surface area contributed by atoms with Crippen LogP contribution in [-0.2, 0) is 6.54 Å². The van der Waals surface area contributed by atoms with Gasteiger partial charge in [0.1, 0.15) is 5.82 Å². The lowest BCUT2D eigenvalue weighted by molar-refractivity contribution is 0.0849. The average Bonchev–Trinajstić information content (AvgIpc) is 3.29. The summed E-state index contributed by atoms with van der Waals surface area (Å²) >= 11 is 1.20. The standard InChI is InChI=1S/C22H17FN4O4S/c1-2-27-16-8-5-13(11-15(16)24-21(30)22(27)31)19(28)25-26-20(29)18-10-9-17(32-18)12-3-6-14(23)7-4-12/h3-11H,2H2,1H3,(H,24,30)(H,25,28)(H,26,29). The van der Waals surface area contributed by atoms with E-state index < -0.39 is 22.9 Å². The van der Waals surface area contributed by atoms with Crippen molar-refractivity contribution in [1.82, 2.24) is 20.4 Å². The topological polar surface area (TPSA) is 113 Å².